The van der Waals surface area contributed by atoms with Gasteiger partial charge in [-0.3, -0.25) is 4.79 Å². The quantitative estimate of drug-likeness (QED) is 0.873. The number of hydrogen-bond acceptors (Lipinski definition) is 4. The van der Waals surface area contributed by atoms with Gasteiger partial charge in [0.05, 0.1) is 19.8 Å². The lowest BCUT2D eigenvalue weighted by Crippen LogP contribution is -2.52. The maximum absolute atomic E-state index is 13.8. The molecule has 6 heteroatoms. The summed E-state index contributed by atoms with van der Waals surface area (Å²) < 4.78 is 25.0. The zero-order valence-electron chi connectivity index (χ0n) is 11.8. The van der Waals surface area contributed by atoms with Crippen molar-refractivity contribution in [1.29, 1.82) is 0 Å². The third-order valence-corrected chi connectivity index (χ3v) is 3.83. The highest BCUT2D eigenvalue weighted by Crippen LogP contribution is 2.25. The Balaban J connectivity index is 1.68. The number of rotatable bonds is 2. The van der Waals surface area contributed by atoms with E-state index >= 15 is 0 Å². The van der Waals surface area contributed by atoms with Gasteiger partial charge in [-0.1, -0.05) is 18.2 Å². The van der Waals surface area contributed by atoms with Crippen LogP contribution in [0.15, 0.2) is 24.3 Å². The number of nitrogens with zero attached hydrogens (tertiary/aromatic N) is 1. The van der Waals surface area contributed by atoms with Crippen LogP contribution >= 0.6 is 0 Å². The van der Waals surface area contributed by atoms with E-state index in [9.17, 15) is 9.18 Å². The Hall–Kier alpha value is -1.50. The second kappa shape index (κ2) is 6.51. The Kier molecular flexibility index (Phi) is 4.48. The Labute approximate surface area is 123 Å². The van der Waals surface area contributed by atoms with Crippen LogP contribution in [0.1, 0.15) is 11.7 Å². The zero-order chi connectivity index (χ0) is 14.7. The molecule has 3 rings (SSSR count). The molecule has 0 spiro atoms. The fourth-order valence-corrected chi connectivity index (χ4v) is 2.70. The van der Waals surface area contributed by atoms with Crippen molar-refractivity contribution in [3.63, 3.8) is 0 Å². The van der Waals surface area contributed by atoms with Crippen LogP contribution in [0, 0.1) is 5.82 Å². The molecular weight excluding hydrogens is 275 g/mol. The van der Waals surface area contributed by atoms with Crippen molar-refractivity contribution in [2.75, 3.05) is 39.4 Å². The molecule has 2 saturated heterocycles. The van der Waals surface area contributed by atoms with Crippen LogP contribution in [-0.4, -0.2) is 56.3 Å². The molecule has 21 heavy (non-hydrogen) atoms. The topological polar surface area (TPSA) is 50.8 Å². The Morgan fingerprint density at radius 3 is 2.90 bits per heavy atom. The monoisotopic (exact) mass is 294 g/mol. The van der Waals surface area contributed by atoms with E-state index in [4.69, 9.17) is 9.47 Å². The highest BCUT2D eigenvalue weighted by Gasteiger charge is 2.32. The minimum absolute atomic E-state index is 0.0492. The molecule has 1 aromatic rings. The van der Waals surface area contributed by atoms with Crippen LogP contribution in [-0.2, 0) is 14.3 Å². The van der Waals surface area contributed by atoms with E-state index in [0.717, 1.165) is 6.54 Å². The first kappa shape index (κ1) is 14.4. The van der Waals surface area contributed by atoms with Gasteiger partial charge in [-0.25, -0.2) is 4.39 Å². The Bertz CT molecular complexity index is 505. The summed E-state index contributed by atoms with van der Waals surface area (Å²) in [6, 6.07) is 6.53. The molecule has 1 amide bonds. The molecule has 2 aliphatic rings. The van der Waals surface area contributed by atoms with Crippen molar-refractivity contribution in [3.05, 3.63) is 35.6 Å². The first-order chi connectivity index (χ1) is 10.3. The van der Waals surface area contributed by atoms with E-state index in [1.165, 1.54) is 6.07 Å². The normalized spacial score (nSPS) is 26.6. The molecular formula is C15H19FN2O3. The number of carbonyl (C=O) groups excluding carboxylic acids is 1. The number of amides is 1. The van der Waals surface area contributed by atoms with Gasteiger partial charge in [-0.05, 0) is 6.07 Å². The van der Waals surface area contributed by atoms with Crippen molar-refractivity contribution < 1.29 is 18.7 Å². The number of nitrogens with one attached hydrogen (secondary N) is 1. The van der Waals surface area contributed by atoms with Gasteiger partial charge in [0.1, 0.15) is 18.0 Å². The number of morpholine rings is 2. The molecule has 1 N–H and O–H groups in total. The van der Waals surface area contributed by atoms with Crippen LogP contribution in [0.3, 0.4) is 0 Å². The van der Waals surface area contributed by atoms with E-state index in [1.54, 1.807) is 23.1 Å². The first-order valence-electron chi connectivity index (χ1n) is 7.23. The number of ether oxygens (including phenoxy) is 2. The average molecular weight is 294 g/mol. The molecule has 0 radical (unpaired) electrons. The Morgan fingerprint density at radius 1 is 1.29 bits per heavy atom. The summed E-state index contributed by atoms with van der Waals surface area (Å²) in [5, 5.41) is 3.14. The van der Waals surface area contributed by atoms with Crippen molar-refractivity contribution in [3.8, 4) is 0 Å². The molecule has 2 aliphatic heterocycles. The van der Waals surface area contributed by atoms with Crippen molar-refractivity contribution >= 4 is 5.91 Å². The van der Waals surface area contributed by atoms with Gasteiger partial charge in [0, 0.05) is 25.2 Å². The zero-order valence-corrected chi connectivity index (χ0v) is 11.8. The fourth-order valence-electron chi connectivity index (χ4n) is 2.70. The first-order valence-corrected chi connectivity index (χ1v) is 7.23. The van der Waals surface area contributed by atoms with Gasteiger partial charge in [0.15, 0.2) is 0 Å². The molecule has 0 bridgehead atoms. The van der Waals surface area contributed by atoms with Crippen molar-refractivity contribution in [2.45, 2.75) is 12.2 Å². The van der Waals surface area contributed by atoms with E-state index in [-0.39, 0.29) is 11.7 Å². The van der Waals surface area contributed by atoms with Crippen molar-refractivity contribution in [2.24, 2.45) is 0 Å². The predicted molar refractivity (Wildman–Crippen MR) is 74.3 cm³/mol. The highest BCUT2D eigenvalue weighted by molar-refractivity contribution is 5.81. The lowest BCUT2D eigenvalue weighted by Gasteiger charge is -2.36. The lowest BCUT2D eigenvalue weighted by atomic mass is 10.1. The summed E-state index contributed by atoms with van der Waals surface area (Å²) in [6.45, 7) is 3.12. The minimum Gasteiger partial charge on any atom is -0.370 e. The van der Waals surface area contributed by atoms with E-state index < -0.39 is 12.2 Å². The number of carbonyl (C=O) groups is 1. The smallest absolute Gasteiger partial charge is 0.253 e. The van der Waals surface area contributed by atoms with Crippen LogP contribution < -0.4 is 5.32 Å². The van der Waals surface area contributed by atoms with Crippen molar-refractivity contribution in [1.82, 2.24) is 10.2 Å². The van der Waals surface area contributed by atoms with Gasteiger partial charge in [-0.2, -0.15) is 0 Å². The summed E-state index contributed by atoms with van der Waals surface area (Å²) in [4.78, 5) is 14.1. The number of hydrogen-bond donors (Lipinski definition) is 1. The molecule has 0 saturated carbocycles. The summed E-state index contributed by atoms with van der Waals surface area (Å²) in [5.41, 5.74) is 0.498. The van der Waals surface area contributed by atoms with Crippen LogP contribution in [0.25, 0.3) is 0 Å². The second-order valence-electron chi connectivity index (χ2n) is 5.23. The molecule has 0 aliphatic carbocycles. The molecule has 2 fully saturated rings. The van der Waals surface area contributed by atoms with E-state index in [1.807, 2.05) is 0 Å². The van der Waals surface area contributed by atoms with Crippen LogP contribution in [0.5, 0.6) is 0 Å². The van der Waals surface area contributed by atoms with Crippen LogP contribution in [0.4, 0.5) is 4.39 Å². The molecule has 5 nitrogen and oxygen atoms in total. The number of benzene rings is 1. The summed E-state index contributed by atoms with van der Waals surface area (Å²) in [6.07, 6.45) is -0.862. The van der Waals surface area contributed by atoms with Gasteiger partial charge in [0.2, 0.25) is 0 Å². The largest absolute Gasteiger partial charge is 0.370 e. The summed E-state index contributed by atoms with van der Waals surface area (Å²) in [5.74, 6) is -0.348. The SMILES string of the molecule is O=C(C1CNCCO1)N1CCOC(c2ccccc2F)C1. The lowest BCUT2D eigenvalue weighted by molar-refractivity contribution is -0.152. The highest BCUT2D eigenvalue weighted by atomic mass is 19.1. The molecule has 1 aromatic carbocycles. The Morgan fingerprint density at radius 2 is 2.14 bits per heavy atom. The standard InChI is InChI=1S/C15H19FN2O3/c16-12-4-2-1-3-11(12)14-10-18(6-8-21-14)15(19)13-9-17-5-7-20-13/h1-4,13-14,17H,5-10H2. The second-order valence-corrected chi connectivity index (χ2v) is 5.23. The minimum atomic E-state index is -0.446. The van der Waals surface area contributed by atoms with E-state index in [0.29, 0.717) is 38.4 Å². The van der Waals surface area contributed by atoms with E-state index in [2.05, 4.69) is 5.32 Å². The molecule has 2 heterocycles. The third kappa shape index (κ3) is 3.23. The summed E-state index contributed by atoms with van der Waals surface area (Å²) >= 11 is 0. The maximum atomic E-state index is 13.8. The predicted octanol–water partition coefficient (Wildman–Crippen LogP) is 0.714. The molecule has 114 valence electrons. The maximum Gasteiger partial charge on any atom is 0.253 e. The third-order valence-electron chi connectivity index (χ3n) is 3.83. The number of halogens is 1. The average Bonchev–Trinajstić information content (AvgIpc) is 2.55. The van der Waals surface area contributed by atoms with Gasteiger partial charge in [0.25, 0.3) is 5.91 Å². The summed E-state index contributed by atoms with van der Waals surface area (Å²) in [7, 11) is 0. The van der Waals surface area contributed by atoms with Gasteiger partial charge < -0.3 is 19.7 Å². The van der Waals surface area contributed by atoms with Gasteiger partial charge >= 0.3 is 0 Å². The molecule has 2 atom stereocenters. The van der Waals surface area contributed by atoms with Gasteiger partial charge in [-0.15, -0.1) is 0 Å². The fraction of sp³-hybridized carbons (Fsp3) is 0.533. The molecule has 2 unspecified atom stereocenters. The molecule has 0 aromatic heterocycles. The van der Waals surface area contributed by atoms with Crippen LogP contribution in [0.2, 0.25) is 0 Å².